The molecule has 0 radical (unpaired) electrons. The van der Waals surface area contributed by atoms with Crippen molar-refractivity contribution in [1.82, 2.24) is 9.97 Å². The Labute approximate surface area is 141 Å². The number of nitrogens with one attached hydrogen (secondary N) is 1. The van der Waals surface area contributed by atoms with Crippen molar-refractivity contribution < 1.29 is 10.2 Å². The molecule has 4 nitrogen and oxygen atoms in total. The Morgan fingerprint density at radius 1 is 0.833 bits per heavy atom. The first-order chi connectivity index (χ1) is 11.4. The minimum absolute atomic E-state index is 0.237. The Hall–Kier alpha value is -2.75. The molecule has 0 aliphatic heterocycles. The number of nitrogens with zero attached hydrogens (tertiary/aromatic N) is 1. The standard InChI is InChI=1S/C20H22N2O2/c1-11-7-13(3)18(23)15(9-11)17(20-21-5-6-22-20)16-10-12(2)8-14(4)19(16)24/h5-10,17,23-24H,1-4H3,(H,21,22). The van der Waals surface area contributed by atoms with Crippen LogP contribution in [-0.4, -0.2) is 20.2 Å². The van der Waals surface area contributed by atoms with Crippen molar-refractivity contribution in [2.75, 3.05) is 0 Å². The lowest BCUT2D eigenvalue weighted by Crippen LogP contribution is -2.08. The Bertz CT molecular complexity index is 826. The molecule has 0 bridgehead atoms. The largest absolute Gasteiger partial charge is 0.507 e. The molecular weight excluding hydrogens is 300 g/mol. The van der Waals surface area contributed by atoms with Gasteiger partial charge in [-0.3, -0.25) is 0 Å². The summed E-state index contributed by atoms with van der Waals surface area (Å²) in [4.78, 5) is 7.53. The predicted octanol–water partition coefficient (Wildman–Crippen LogP) is 4.23. The predicted molar refractivity (Wildman–Crippen MR) is 94.7 cm³/mol. The summed E-state index contributed by atoms with van der Waals surface area (Å²) in [5, 5.41) is 21.3. The van der Waals surface area contributed by atoms with Crippen LogP contribution in [0.1, 0.15) is 45.1 Å². The number of phenols is 2. The zero-order valence-corrected chi connectivity index (χ0v) is 14.4. The first-order valence-corrected chi connectivity index (χ1v) is 7.98. The van der Waals surface area contributed by atoms with E-state index >= 15 is 0 Å². The molecule has 124 valence electrons. The van der Waals surface area contributed by atoms with Crippen LogP contribution in [0.5, 0.6) is 11.5 Å². The topological polar surface area (TPSA) is 69.1 Å². The van der Waals surface area contributed by atoms with E-state index in [1.807, 2.05) is 52.0 Å². The molecule has 3 N–H and O–H groups in total. The molecule has 0 atom stereocenters. The maximum absolute atomic E-state index is 10.7. The lowest BCUT2D eigenvalue weighted by Gasteiger charge is -2.21. The number of hydrogen-bond donors (Lipinski definition) is 3. The number of benzene rings is 2. The summed E-state index contributed by atoms with van der Waals surface area (Å²) in [5.41, 5.74) is 5.21. The molecule has 1 aromatic heterocycles. The van der Waals surface area contributed by atoms with E-state index in [1.165, 1.54) is 0 Å². The monoisotopic (exact) mass is 322 g/mol. The third kappa shape index (κ3) is 2.75. The number of rotatable bonds is 3. The molecule has 0 fully saturated rings. The van der Waals surface area contributed by atoms with Gasteiger partial charge in [-0.15, -0.1) is 0 Å². The van der Waals surface area contributed by atoms with E-state index in [-0.39, 0.29) is 17.4 Å². The number of phenolic OH excluding ortho intramolecular Hbond substituents is 2. The highest BCUT2D eigenvalue weighted by atomic mass is 16.3. The van der Waals surface area contributed by atoms with Crippen LogP contribution in [0.4, 0.5) is 0 Å². The number of aryl methyl sites for hydroxylation is 4. The van der Waals surface area contributed by atoms with Crippen LogP contribution in [0.2, 0.25) is 0 Å². The molecule has 3 rings (SSSR count). The van der Waals surface area contributed by atoms with E-state index < -0.39 is 0 Å². The van der Waals surface area contributed by atoms with Crippen LogP contribution in [-0.2, 0) is 0 Å². The molecule has 4 heteroatoms. The van der Waals surface area contributed by atoms with Gasteiger partial charge < -0.3 is 15.2 Å². The van der Waals surface area contributed by atoms with Crippen molar-refractivity contribution in [1.29, 1.82) is 0 Å². The van der Waals surface area contributed by atoms with Gasteiger partial charge in [0.25, 0.3) is 0 Å². The Morgan fingerprint density at radius 2 is 1.33 bits per heavy atom. The molecule has 0 aliphatic carbocycles. The molecule has 3 aromatic rings. The fraction of sp³-hybridized carbons (Fsp3) is 0.250. The van der Waals surface area contributed by atoms with Gasteiger partial charge in [0.1, 0.15) is 17.3 Å². The van der Waals surface area contributed by atoms with Crippen molar-refractivity contribution in [2.24, 2.45) is 0 Å². The van der Waals surface area contributed by atoms with Gasteiger partial charge in [0.15, 0.2) is 0 Å². The van der Waals surface area contributed by atoms with Gasteiger partial charge >= 0.3 is 0 Å². The maximum atomic E-state index is 10.7. The first-order valence-electron chi connectivity index (χ1n) is 7.98. The third-order valence-corrected chi connectivity index (χ3v) is 4.36. The number of H-pyrrole nitrogens is 1. The van der Waals surface area contributed by atoms with Crippen LogP contribution < -0.4 is 0 Å². The van der Waals surface area contributed by atoms with E-state index in [1.54, 1.807) is 12.4 Å². The van der Waals surface area contributed by atoms with E-state index in [0.717, 1.165) is 33.4 Å². The van der Waals surface area contributed by atoms with E-state index in [9.17, 15) is 10.2 Å². The fourth-order valence-corrected chi connectivity index (χ4v) is 3.32. The van der Waals surface area contributed by atoms with Crippen molar-refractivity contribution in [3.63, 3.8) is 0 Å². The summed E-state index contributed by atoms with van der Waals surface area (Å²) in [7, 11) is 0. The molecular formula is C20H22N2O2. The van der Waals surface area contributed by atoms with Crippen LogP contribution in [0.15, 0.2) is 36.7 Å². The average molecular weight is 322 g/mol. The van der Waals surface area contributed by atoms with Gasteiger partial charge in [-0.1, -0.05) is 35.4 Å². The lowest BCUT2D eigenvalue weighted by atomic mass is 9.85. The quantitative estimate of drug-likeness (QED) is 0.675. The van der Waals surface area contributed by atoms with Crippen LogP contribution >= 0.6 is 0 Å². The van der Waals surface area contributed by atoms with Crippen LogP contribution in [0.25, 0.3) is 0 Å². The Kier molecular flexibility index (Phi) is 4.06. The fourth-order valence-electron chi connectivity index (χ4n) is 3.32. The lowest BCUT2D eigenvalue weighted by molar-refractivity contribution is 0.453. The molecule has 0 unspecified atom stereocenters. The second-order valence-electron chi connectivity index (χ2n) is 6.45. The zero-order chi connectivity index (χ0) is 17.4. The van der Waals surface area contributed by atoms with Crippen molar-refractivity contribution in [3.05, 3.63) is 75.9 Å². The number of aromatic hydroxyl groups is 2. The highest BCUT2D eigenvalue weighted by Gasteiger charge is 2.26. The molecule has 1 heterocycles. The second-order valence-corrected chi connectivity index (χ2v) is 6.45. The van der Waals surface area contributed by atoms with Crippen LogP contribution in [0.3, 0.4) is 0 Å². The Morgan fingerprint density at radius 3 is 1.75 bits per heavy atom. The molecule has 0 aliphatic rings. The smallest absolute Gasteiger partial charge is 0.122 e. The second kappa shape index (κ2) is 6.04. The summed E-state index contributed by atoms with van der Waals surface area (Å²) < 4.78 is 0. The molecule has 24 heavy (non-hydrogen) atoms. The summed E-state index contributed by atoms with van der Waals surface area (Å²) in [5.74, 6) is 0.800. The van der Waals surface area contributed by atoms with Gasteiger partial charge in [0, 0.05) is 23.5 Å². The number of imidazole rings is 1. The number of hydrogen-bond acceptors (Lipinski definition) is 3. The van der Waals surface area contributed by atoms with Crippen molar-refractivity contribution in [2.45, 2.75) is 33.6 Å². The zero-order valence-electron chi connectivity index (χ0n) is 14.4. The molecule has 0 saturated heterocycles. The van der Waals surface area contributed by atoms with Crippen LogP contribution in [0, 0.1) is 27.7 Å². The van der Waals surface area contributed by atoms with Gasteiger partial charge in [-0.25, -0.2) is 4.98 Å². The van der Waals surface area contributed by atoms with E-state index in [4.69, 9.17) is 0 Å². The Balaban J connectivity index is 2.32. The number of aromatic amines is 1. The van der Waals surface area contributed by atoms with Gasteiger partial charge in [0.05, 0.1) is 5.92 Å². The highest BCUT2D eigenvalue weighted by molar-refractivity contribution is 5.55. The molecule has 0 spiro atoms. The summed E-state index contributed by atoms with van der Waals surface area (Å²) >= 11 is 0. The average Bonchev–Trinajstić information content (AvgIpc) is 3.03. The molecule has 0 saturated carbocycles. The number of aromatic nitrogens is 2. The van der Waals surface area contributed by atoms with Gasteiger partial charge in [-0.2, -0.15) is 0 Å². The SMILES string of the molecule is Cc1cc(C)c(O)c(C(c2ncc[nH]2)c2cc(C)cc(C)c2O)c1. The first kappa shape index (κ1) is 16.1. The van der Waals surface area contributed by atoms with E-state index in [0.29, 0.717) is 5.82 Å². The summed E-state index contributed by atoms with van der Waals surface area (Å²) in [6, 6.07) is 7.79. The van der Waals surface area contributed by atoms with Crippen molar-refractivity contribution in [3.8, 4) is 11.5 Å². The normalized spacial score (nSPS) is 11.2. The van der Waals surface area contributed by atoms with Gasteiger partial charge in [-0.05, 0) is 38.8 Å². The highest BCUT2D eigenvalue weighted by Crippen LogP contribution is 2.42. The summed E-state index contributed by atoms with van der Waals surface area (Å²) in [6.07, 6.45) is 3.43. The maximum Gasteiger partial charge on any atom is 0.122 e. The van der Waals surface area contributed by atoms with Gasteiger partial charge in [0.2, 0.25) is 0 Å². The van der Waals surface area contributed by atoms with E-state index in [2.05, 4.69) is 9.97 Å². The molecule has 0 amide bonds. The molecule has 2 aromatic carbocycles. The minimum atomic E-state index is -0.364. The third-order valence-electron chi connectivity index (χ3n) is 4.36. The van der Waals surface area contributed by atoms with Crippen molar-refractivity contribution >= 4 is 0 Å². The summed E-state index contributed by atoms with van der Waals surface area (Å²) in [6.45, 7) is 7.76. The minimum Gasteiger partial charge on any atom is -0.507 e.